The number of hydrogen-bond donors (Lipinski definition) is 2. The first kappa shape index (κ1) is 13.8. The minimum atomic E-state index is -0.0543. The second kappa shape index (κ2) is 6.52. The number of aromatic nitrogens is 1. The molecule has 1 aromatic heterocycles. The highest BCUT2D eigenvalue weighted by Crippen LogP contribution is 2.20. The number of aryl methyl sites for hydroxylation is 1. The third kappa shape index (κ3) is 3.67. The largest absolute Gasteiger partial charge is 0.319 e. The maximum Gasteiger partial charge on any atom is 0.250 e. The summed E-state index contributed by atoms with van der Waals surface area (Å²) in [6.45, 7) is 0. The molecule has 0 radical (unpaired) electrons. The summed E-state index contributed by atoms with van der Waals surface area (Å²) in [6.07, 6.45) is 8.99. The maximum atomic E-state index is 11.6. The molecule has 19 heavy (non-hydrogen) atoms. The van der Waals surface area contributed by atoms with E-state index in [1.165, 1.54) is 30.3 Å². The summed E-state index contributed by atoms with van der Waals surface area (Å²) in [5, 5.41) is 0. The van der Waals surface area contributed by atoms with Crippen LogP contribution in [0.1, 0.15) is 44.1 Å². The zero-order valence-electron chi connectivity index (χ0n) is 11.4. The fraction of sp³-hybridized carbons (Fsp3) is 0.571. The summed E-state index contributed by atoms with van der Waals surface area (Å²) < 4.78 is 1.53. The number of aliphatic imine (C=N–C) groups is 1. The molecular formula is C14H22N4O. The Morgan fingerprint density at radius 3 is 2.63 bits per heavy atom. The van der Waals surface area contributed by atoms with Gasteiger partial charge in [0.05, 0.1) is 6.04 Å². The van der Waals surface area contributed by atoms with E-state index in [1.54, 1.807) is 19.3 Å². The maximum absolute atomic E-state index is 11.6. The van der Waals surface area contributed by atoms with Crippen LogP contribution in [0.4, 0.5) is 0 Å². The van der Waals surface area contributed by atoms with Gasteiger partial charge < -0.3 is 9.99 Å². The number of hydrazine groups is 1. The second-order valence-corrected chi connectivity index (χ2v) is 5.13. The molecule has 0 unspecified atom stereocenters. The van der Waals surface area contributed by atoms with Crippen molar-refractivity contribution in [1.82, 2.24) is 9.99 Å². The molecule has 0 spiro atoms. The van der Waals surface area contributed by atoms with Gasteiger partial charge in [-0.3, -0.25) is 9.79 Å². The molecule has 0 saturated heterocycles. The summed E-state index contributed by atoms with van der Waals surface area (Å²) in [5.41, 5.74) is 3.34. The van der Waals surface area contributed by atoms with Crippen molar-refractivity contribution >= 4 is 5.84 Å². The van der Waals surface area contributed by atoms with Crippen LogP contribution in [0.5, 0.6) is 0 Å². The molecule has 5 heteroatoms. The van der Waals surface area contributed by atoms with E-state index in [0.29, 0.717) is 11.9 Å². The van der Waals surface area contributed by atoms with Crippen molar-refractivity contribution in [3.05, 3.63) is 34.2 Å². The molecule has 104 valence electrons. The van der Waals surface area contributed by atoms with E-state index < -0.39 is 0 Å². The molecule has 0 bridgehead atoms. The van der Waals surface area contributed by atoms with Crippen LogP contribution in [0.15, 0.2) is 28.1 Å². The third-order valence-corrected chi connectivity index (χ3v) is 3.65. The number of pyridine rings is 1. The molecule has 1 aliphatic carbocycles. The van der Waals surface area contributed by atoms with Gasteiger partial charge in [0.2, 0.25) is 0 Å². The summed E-state index contributed by atoms with van der Waals surface area (Å²) in [5.74, 6) is 6.17. The van der Waals surface area contributed by atoms with Crippen LogP contribution in [0.25, 0.3) is 0 Å². The van der Waals surface area contributed by atoms with Gasteiger partial charge in [0.25, 0.3) is 5.56 Å². The SMILES string of the molecule is Cn1ccc(C(=NC2CCCCCC2)NN)cc1=O. The zero-order valence-corrected chi connectivity index (χ0v) is 11.4. The molecule has 1 aromatic rings. The molecule has 0 amide bonds. The van der Waals surface area contributed by atoms with E-state index >= 15 is 0 Å². The number of amidine groups is 1. The number of nitrogens with zero attached hydrogens (tertiary/aromatic N) is 2. The number of nitrogens with two attached hydrogens (primary N) is 1. The minimum absolute atomic E-state index is 0.0543. The lowest BCUT2D eigenvalue weighted by Crippen LogP contribution is -2.33. The molecule has 5 nitrogen and oxygen atoms in total. The van der Waals surface area contributed by atoms with Crippen molar-refractivity contribution in [1.29, 1.82) is 0 Å². The van der Waals surface area contributed by atoms with Gasteiger partial charge in [-0.1, -0.05) is 25.7 Å². The summed E-state index contributed by atoms with van der Waals surface area (Å²) >= 11 is 0. The van der Waals surface area contributed by atoms with E-state index in [9.17, 15) is 4.79 Å². The van der Waals surface area contributed by atoms with Crippen molar-refractivity contribution < 1.29 is 0 Å². The van der Waals surface area contributed by atoms with Gasteiger partial charge in [-0.2, -0.15) is 0 Å². The van der Waals surface area contributed by atoms with Gasteiger partial charge in [-0.05, 0) is 18.9 Å². The molecule has 1 saturated carbocycles. The molecule has 2 rings (SSSR count). The molecule has 3 N–H and O–H groups in total. The van der Waals surface area contributed by atoms with E-state index in [2.05, 4.69) is 10.4 Å². The smallest absolute Gasteiger partial charge is 0.250 e. The van der Waals surface area contributed by atoms with E-state index in [-0.39, 0.29) is 5.56 Å². The highest BCUT2D eigenvalue weighted by atomic mass is 16.1. The van der Waals surface area contributed by atoms with Crippen LogP contribution >= 0.6 is 0 Å². The fourth-order valence-corrected chi connectivity index (χ4v) is 2.46. The topological polar surface area (TPSA) is 72.4 Å². The summed E-state index contributed by atoms with van der Waals surface area (Å²) in [6, 6.07) is 3.74. The minimum Gasteiger partial charge on any atom is -0.319 e. The van der Waals surface area contributed by atoms with Gasteiger partial charge >= 0.3 is 0 Å². The lowest BCUT2D eigenvalue weighted by molar-refractivity contribution is 0.583. The summed E-state index contributed by atoms with van der Waals surface area (Å²) in [7, 11) is 1.73. The lowest BCUT2D eigenvalue weighted by Gasteiger charge is -2.12. The number of rotatable bonds is 2. The van der Waals surface area contributed by atoms with E-state index in [4.69, 9.17) is 5.84 Å². The highest BCUT2D eigenvalue weighted by molar-refractivity contribution is 5.98. The van der Waals surface area contributed by atoms with Crippen LogP contribution in [-0.2, 0) is 7.05 Å². The van der Waals surface area contributed by atoms with Crippen LogP contribution < -0.4 is 16.8 Å². The Kier molecular flexibility index (Phi) is 4.74. The molecule has 0 aliphatic heterocycles. The Labute approximate surface area is 113 Å². The van der Waals surface area contributed by atoms with Crippen molar-refractivity contribution in [2.24, 2.45) is 17.9 Å². The van der Waals surface area contributed by atoms with Crippen LogP contribution in [0, 0.1) is 0 Å². The standard InChI is InChI=1S/C14H22N4O/c1-18-9-8-11(10-13(18)19)14(17-15)16-12-6-4-2-3-5-7-12/h8-10,12H,2-7,15H2,1H3,(H,16,17). The van der Waals surface area contributed by atoms with Crippen molar-refractivity contribution in [3.63, 3.8) is 0 Å². The average molecular weight is 262 g/mol. The number of hydrogen-bond acceptors (Lipinski definition) is 3. The molecule has 1 aliphatic rings. The normalized spacial score (nSPS) is 18.1. The predicted molar refractivity (Wildman–Crippen MR) is 77.0 cm³/mol. The fourth-order valence-electron chi connectivity index (χ4n) is 2.46. The first-order valence-corrected chi connectivity index (χ1v) is 6.92. The van der Waals surface area contributed by atoms with Crippen molar-refractivity contribution in [2.45, 2.75) is 44.6 Å². The van der Waals surface area contributed by atoms with Crippen LogP contribution in [-0.4, -0.2) is 16.4 Å². The Balaban J connectivity index is 2.22. The average Bonchev–Trinajstić information content (AvgIpc) is 2.68. The molecule has 1 fully saturated rings. The van der Waals surface area contributed by atoms with Gasteiger partial charge in [0.1, 0.15) is 5.84 Å². The monoisotopic (exact) mass is 262 g/mol. The quantitative estimate of drug-likeness (QED) is 0.277. The van der Waals surface area contributed by atoms with E-state index in [1.807, 2.05) is 6.07 Å². The van der Waals surface area contributed by atoms with Crippen LogP contribution in [0.2, 0.25) is 0 Å². The zero-order chi connectivity index (χ0) is 13.7. The van der Waals surface area contributed by atoms with Gasteiger partial charge in [-0.25, -0.2) is 5.84 Å². The molecular weight excluding hydrogens is 240 g/mol. The number of nitrogens with one attached hydrogen (secondary N) is 1. The Hall–Kier alpha value is -1.62. The Bertz CT molecular complexity index is 498. The van der Waals surface area contributed by atoms with Gasteiger partial charge in [0, 0.05) is 24.9 Å². The van der Waals surface area contributed by atoms with Crippen molar-refractivity contribution in [2.75, 3.05) is 0 Å². The molecule has 0 aromatic carbocycles. The Morgan fingerprint density at radius 2 is 2.05 bits per heavy atom. The van der Waals surface area contributed by atoms with Crippen molar-refractivity contribution in [3.8, 4) is 0 Å². The third-order valence-electron chi connectivity index (χ3n) is 3.65. The highest BCUT2D eigenvalue weighted by Gasteiger charge is 2.13. The first-order chi connectivity index (χ1) is 9.20. The first-order valence-electron chi connectivity index (χ1n) is 6.92. The molecule has 0 atom stereocenters. The predicted octanol–water partition coefficient (Wildman–Crippen LogP) is 1.32. The van der Waals surface area contributed by atoms with E-state index in [0.717, 1.165) is 18.4 Å². The van der Waals surface area contributed by atoms with Gasteiger partial charge in [-0.15, -0.1) is 0 Å². The molecule has 1 heterocycles. The van der Waals surface area contributed by atoms with Gasteiger partial charge in [0.15, 0.2) is 0 Å². The Morgan fingerprint density at radius 1 is 1.37 bits per heavy atom. The van der Waals surface area contributed by atoms with Crippen LogP contribution in [0.3, 0.4) is 0 Å². The summed E-state index contributed by atoms with van der Waals surface area (Å²) in [4.78, 5) is 16.3. The second-order valence-electron chi connectivity index (χ2n) is 5.13. The lowest BCUT2D eigenvalue weighted by atomic mass is 10.1.